The van der Waals surface area contributed by atoms with E-state index in [2.05, 4.69) is 20.3 Å². The van der Waals surface area contributed by atoms with Crippen molar-refractivity contribution in [3.05, 3.63) is 66.1 Å². The second kappa shape index (κ2) is 7.13. The Balaban J connectivity index is 1.49. The normalized spacial score (nSPS) is 11.0. The maximum atomic E-state index is 5.39. The van der Waals surface area contributed by atoms with Crippen LogP contribution in [-0.4, -0.2) is 24.9 Å². The highest BCUT2D eigenvalue weighted by atomic mass is 32.2. The van der Waals surface area contributed by atoms with Crippen LogP contribution in [-0.2, 0) is 12.8 Å². The van der Waals surface area contributed by atoms with Crippen molar-refractivity contribution in [2.24, 2.45) is 7.05 Å². The average Bonchev–Trinajstić information content (AvgIpc) is 3.28. The zero-order valence-electron chi connectivity index (χ0n) is 14.5. The molecule has 0 aliphatic carbocycles. The monoisotopic (exact) mass is 363 g/mol. The molecule has 2 aromatic heterocycles. The molecule has 4 rings (SSSR count). The van der Waals surface area contributed by atoms with Gasteiger partial charge in [-0.15, -0.1) is 10.2 Å². The topological polar surface area (TPSA) is 69.6 Å². The van der Waals surface area contributed by atoms with Crippen LogP contribution in [0.2, 0.25) is 0 Å². The number of thioether (sulfide) groups is 1. The molecular weight excluding hydrogens is 346 g/mol. The van der Waals surface area contributed by atoms with Gasteiger partial charge in [-0.3, -0.25) is 0 Å². The van der Waals surface area contributed by atoms with Crippen LogP contribution in [0.5, 0.6) is 0 Å². The predicted octanol–water partition coefficient (Wildman–Crippen LogP) is 4.13. The van der Waals surface area contributed by atoms with Gasteiger partial charge in [0.05, 0.1) is 5.75 Å². The summed E-state index contributed by atoms with van der Waals surface area (Å²) in [5.41, 5.74) is 3.14. The second-order valence-corrected chi connectivity index (χ2v) is 6.79. The van der Waals surface area contributed by atoms with Gasteiger partial charge in [-0.1, -0.05) is 71.5 Å². The van der Waals surface area contributed by atoms with Crippen LogP contribution >= 0.6 is 11.8 Å². The van der Waals surface area contributed by atoms with E-state index in [0.29, 0.717) is 17.5 Å². The van der Waals surface area contributed by atoms with Gasteiger partial charge in [-0.2, -0.15) is 4.98 Å². The smallest absolute Gasteiger partial charge is 0.237 e. The molecule has 0 saturated carbocycles. The molecule has 0 atom stereocenters. The molecule has 0 bridgehead atoms. The van der Waals surface area contributed by atoms with E-state index in [4.69, 9.17) is 4.52 Å². The minimum absolute atomic E-state index is 0.541. The molecule has 0 N–H and O–H groups in total. The highest BCUT2D eigenvalue weighted by Crippen LogP contribution is 2.26. The molecule has 0 spiro atoms. The molecular formula is C19H17N5OS. The number of aryl methyl sites for hydroxylation is 1. The molecule has 4 aromatic rings. The molecule has 0 aliphatic rings. The first-order valence-electron chi connectivity index (χ1n) is 8.18. The predicted molar refractivity (Wildman–Crippen MR) is 100 cm³/mol. The van der Waals surface area contributed by atoms with Crippen LogP contribution in [0.3, 0.4) is 0 Å². The Morgan fingerprint density at radius 3 is 2.58 bits per heavy atom. The third-order valence-corrected chi connectivity index (χ3v) is 5.05. The van der Waals surface area contributed by atoms with E-state index in [9.17, 15) is 0 Å². The average molecular weight is 363 g/mol. The summed E-state index contributed by atoms with van der Waals surface area (Å²) in [5, 5.41) is 13.5. The fourth-order valence-electron chi connectivity index (χ4n) is 2.65. The van der Waals surface area contributed by atoms with Gasteiger partial charge < -0.3 is 9.09 Å². The van der Waals surface area contributed by atoms with Crippen molar-refractivity contribution in [2.75, 3.05) is 0 Å². The number of nitrogens with zero attached hydrogens (tertiary/aromatic N) is 5. The van der Waals surface area contributed by atoms with Gasteiger partial charge in [-0.25, -0.2) is 0 Å². The standard InChI is InChI=1S/C19H17N5OS/c1-13-8-6-7-11-15(13)17-20-16(25-23-17)12-26-19-22-21-18(24(19)2)14-9-4-3-5-10-14/h3-11H,12H2,1-2H3. The maximum Gasteiger partial charge on any atom is 0.237 e. The number of aromatic nitrogens is 5. The molecule has 0 fully saturated rings. The van der Waals surface area contributed by atoms with Gasteiger partial charge in [-0.05, 0) is 12.5 Å². The van der Waals surface area contributed by atoms with E-state index in [1.165, 1.54) is 11.8 Å². The van der Waals surface area contributed by atoms with Gasteiger partial charge in [0, 0.05) is 18.2 Å². The van der Waals surface area contributed by atoms with Gasteiger partial charge in [0.2, 0.25) is 11.7 Å². The maximum absolute atomic E-state index is 5.39. The first-order chi connectivity index (χ1) is 12.7. The lowest BCUT2D eigenvalue weighted by molar-refractivity contribution is 0.391. The summed E-state index contributed by atoms with van der Waals surface area (Å²) in [6.07, 6.45) is 0. The summed E-state index contributed by atoms with van der Waals surface area (Å²) in [4.78, 5) is 4.49. The molecule has 0 unspecified atom stereocenters. The first kappa shape index (κ1) is 16.5. The van der Waals surface area contributed by atoms with E-state index in [1.807, 2.05) is 73.1 Å². The van der Waals surface area contributed by atoms with Crippen LogP contribution < -0.4 is 0 Å². The summed E-state index contributed by atoms with van der Waals surface area (Å²) in [5.74, 6) is 2.55. The van der Waals surface area contributed by atoms with Crippen molar-refractivity contribution in [3.63, 3.8) is 0 Å². The fourth-order valence-corrected chi connectivity index (χ4v) is 3.40. The molecule has 0 radical (unpaired) electrons. The molecule has 0 aliphatic heterocycles. The Bertz CT molecular complexity index is 1030. The SMILES string of the molecule is Cc1ccccc1-c1noc(CSc2nnc(-c3ccccc3)n2C)n1. The van der Waals surface area contributed by atoms with Crippen molar-refractivity contribution in [3.8, 4) is 22.8 Å². The van der Waals surface area contributed by atoms with Crippen molar-refractivity contribution >= 4 is 11.8 Å². The van der Waals surface area contributed by atoms with Crippen LogP contribution in [0.15, 0.2) is 64.3 Å². The van der Waals surface area contributed by atoms with E-state index in [1.54, 1.807) is 0 Å². The molecule has 2 heterocycles. The van der Waals surface area contributed by atoms with Crippen molar-refractivity contribution in [1.82, 2.24) is 24.9 Å². The van der Waals surface area contributed by atoms with E-state index in [-0.39, 0.29) is 0 Å². The van der Waals surface area contributed by atoms with Gasteiger partial charge in [0.15, 0.2) is 11.0 Å². The van der Waals surface area contributed by atoms with Crippen LogP contribution in [0.1, 0.15) is 11.5 Å². The van der Waals surface area contributed by atoms with Gasteiger partial charge in [0.1, 0.15) is 0 Å². The zero-order valence-corrected chi connectivity index (χ0v) is 15.3. The third-order valence-electron chi connectivity index (χ3n) is 4.05. The van der Waals surface area contributed by atoms with Crippen LogP contribution in [0, 0.1) is 6.92 Å². The summed E-state index contributed by atoms with van der Waals surface area (Å²) in [6.45, 7) is 2.03. The lowest BCUT2D eigenvalue weighted by atomic mass is 10.1. The molecule has 0 amide bonds. The quantitative estimate of drug-likeness (QED) is 0.497. The van der Waals surface area contributed by atoms with Crippen molar-refractivity contribution in [2.45, 2.75) is 17.8 Å². The summed E-state index contributed by atoms with van der Waals surface area (Å²) in [7, 11) is 1.96. The summed E-state index contributed by atoms with van der Waals surface area (Å²) in [6, 6.07) is 18.0. The largest absolute Gasteiger partial charge is 0.338 e. The Labute approximate surface area is 155 Å². The minimum Gasteiger partial charge on any atom is -0.338 e. The number of benzene rings is 2. The van der Waals surface area contributed by atoms with Crippen molar-refractivity contribution < 1.29 is 4.52 Å². The molecule has 6 nitrogen and oxygen atoms in total. The lowest BCUT2D eigenvalue weighted by Crippen LogP contribution is -1.95. The number of hydrogen-bond donors (Lipinski definition) is 0. The Morgan fingerprint density at radius 2 is 1.77 bits per heavy atom. The number of rotatable bonds is 5. The Morgan fingerprint density at radius 1 is 1.00 bits per heavy atom. The molecule has 130 valence electrons. The number of hydrogen-bond acceptors (Lipinski definition) is 6. The minimum atomic E-state index is 0.541. The molecule has 26 heavy (non-hydrogen) atoms. The molecule has 7 heteroatoms. The summed E-state index contributed by atoms with van der Waals surface area (Å²) >= 11 is 1.52. The van der Waals surface area contributed by atoms with E-state index < -0.39 is 0 Å². The summed E-state index contributed by atoms with van der Waals surface area (Å²) < 4.78 is 7.36. The Kier molecular flexibility index (Phi) is 4.53. The van der Waals surface area contributed by atoms with Gasteiger partial charge in [0.25, 0.3) is 0 Å². The van der Waals surface area contributed by atoms with E-state index >= 15 is 0 Å². The lowest BCUT2D eigenvalue weighted by Gasteiger charge is -2.02. The van der Waals surface area contributed by atoms with Crippen LogP contribution in [0.4, 0.5) is 0 Å². The molecule has 0 saturated heterocycles. The first-order valence-corrected chi connectivity index (χ1v) is 9.17. The highest BCUT2D eigenvalue weighted by Gasteiger charge is 2.14. The van der Waals surface area contributed by atoms with E-state index in [0.717, 1.165) is 27.7 Å². The fraction of sp³-hybridized carbons (Fsp3) is 0.158. The Hall–Kier alpha value is -2.93. The van der Waals surface area contributed by atoms with Crippen molar-refractivity contribution in [1.29, 1.82) is 0 Å². The molecule has 2 aromatic carbocycles. The second-order valence-electron chi connectivity index (χ2n) is 5.85. The highest BCUT2D eigenvalue weighted by molar-refractivity contribution is 7.98. The van der Waals surface area contributed by atoms with Gasteiger partial charge >= 0.3 is 0 Å². The zero-order chi connectivity index (χ0) is 17.9. The third kappa shape index (κ3) is 3.25. The van der Waals surface area contributed by atoms with Crippen LogP contribution in [0.25, 0.3) is 22.8 Å².